The summed E-state index contributed by atoms with van der Waals surface area (Å²) in [5.74, 6) is 1.53. The molecule has 0 radical (unpaired) electrons. The van der Waals surface area contributed by atoms with Crippen LogP contribution in [0.1, 0.15) is 70.8 Å². The lowest BCUT2D eigenvalue weighted by Gasteiger charge is -2.25. The minimum absolute atomic E-state index is 0.0300. The van der Waals surface area contributed by atoms with Crippen LogP contribution in [0, 0.1) is 5.92 Å². The van der Waals surface area contributed by atoms with E-state index in [1.165, 1.54) is 0 Å². The molecular weight excluding hydrogens is 328 g/mol. The molecule has 1 aliphatic rings. The van der Waals surface area contributed by atoms with E-state index in [0.717, 1.165) is 18.4 Å². The molecule has 1 saturated carbocycles. The van der Waals surface area contributed by atoms with Crippen LogP contribution in [-0.2, 0) is 11.0 Å². The van der Waals surface area contributed by atoms with Crippen molar-refractivity contribution in [3.63, 3.8) is 0 Å². The minimum Gasteiger partial charge on any atom is -0.339 e. The van der Waals surface area contributed by atoms with Crippen LogP contribution in [0.4, 0.5) is 4.79 Å². The van der Waals surface area contributed by atoms with Gasteiger partial charge in [0.05, 0.1) is 11.6 Å². The van der Waals surface area contributed by atoms with E-state index in [9.17, 15) is 4.79 Å². The van der Waals surface area contributed by atoms with Gasteiger partial charge in [-0.25, -0.2) is 4.79 Å². The Hall–Kier alpha value is -2.37. The Balaban J connectivity index is 1.69. The van der Waals surface area contributed by atoms with Gasteiger partial charge in [0.1, 0.15) is 0 Å². The smallest absolute Gasteiger partial charge is 0.316 e. The normalized spacial score (nSPS) is 16.2. The first-order valence-electron chi connectivity index (χ1n) is 9.15. The number of nitrogens with one attached hydrogen (secondary N) is 2. The number of carbonyl (C=O) groups excluding carboxylic acids is 1. The van der Waals surface area contributed by atoms with E-state index in [2.05, 4.69) is 32.9 Å². The number of aromatic nitrogens is 2. The lowest BCUT2D eigenvalue weighted by molar-refractivity contribution is 0.222. The Labute approximate surface area is 154 Å². The Kier molecular flexibility index (Phi) is 4.78. The van der Waals surface area contributed by atoms with Gasteiger partial charge in [-0.3, -0.25) is 0 Å². The van der Waals surface area contributed by atoms with E-state index in [1.807, 2.05) is 52.8 Å². The molecule has 140 valence electrons. The molecule has 0 unspecified atom stereocenters. The highest BCUT2D eigenvalue weighted by Gasteiger charge is 2.36. The van der Waals surface area contributed by atoms with Crippen LogP contribution < -0.4 is 10.6 Å². The second-order valence-electron chi connectivity index (χ2n) is 8.62. The van der Waals surface area contributed by atoms with Crippen molar-refractivity contribution >= 4 is 6.03 Å². The highest BCUT2D eigenvalue weighted by molar-refractivity contribution is 5.75. The molecule has 6 nitrogen and oxygen atoms in total. The molecule has 1 aromatic carbocycles. The van der Waals surface area contributed by atoms with Crippen LogP contribution >= 0.6 is 0 Å². The van der Waals surface area contributed by atoms with Gasteiger partial charge < -0.3 is 15.2 Å². The molecule has 1 aliphatic carbocycles. The number of benzene rings is 1. The van der Waals surface area contributed by atoms with Gasteiger partial charge in [0, 0.05) is 5.41 Å². The van der Waals surface area contributed by atoms with Crippen molar-refractivity contribution in [3.8, 4) is 0 Å². The van der Waals surface area contributed by atoms with Gasteiger partial charge in [-0.2, -0.15) is 4.98 Å². The zero-order valence-electron chi connectivity index (χ0n) is 16.2. The second kappa shape index (κ2) is 6.74. The maximum Gasteiger partial charge on any atom is 0.316 e. The highest BCUT2D eigenvalue weighted by Crippen LogP contribution is 2.41. The lowest BCUT2D eigenvalue weighted by atomic mass is 9.97. The van der Waals surface area contributed by atoms with Gasteiger partial charge in [-0.1, -0.05) is 56.3 Å². The summed E-state index contributed by atoms with van der Waals surface area (Å²) in [6.07, 6.45) is 2.28. The van der Waals surface area contributed by atoms with E-state index in [-0.39, 0.29) is 17.5 Å². The summed E-state index contributed by atoms with van der Waals surface area (Å²) in [7, 11) is 0. The van der Waals surface area contributed by atoms with E-state index in [4.69, 9.17) is 4.52 Å². The third kappa shape index (κ3) is 4.23. The maximum absolute atomic E-state index is 12.6. The minimum atomic E-state index is -0.734. The van der Waals surface area contributed by atoms with Crippen molar-refractivity contribution < 1.29 is 9.32 Å². The number of nitrogens with zero attached hydrogens (tertiary/aromatic N) is 2. The standard InChI is InChI=1S/C20H28N4O2/c1-19(2,3)17-22-16(24-26-17)20(4,5)23-18(25)21-15(14-11-12-14)13-9-7-6-8-10-13/h6-10,14-15H,11-12H2,1-5H3,(H2,21,23,25)/t15-/m1/s1. The van der Waals surface area contributed by atoms with Crippen LogP contribution in [-0.4, -0.2) is 16.2 Å². The molecule has 2 N–H and O–H groups in total. The average Bonchev–Trinajstić information content (AvgIpc) is 3.25. The number of hydrogen-bond donors (Lipinski definition) is 2. The molecule has 0 spiro atoms. The third-order valence-corrected chi connectivity index (χ3v) is 4.59. The molecule has 1 aromatic heterocycles. The number of rotatable bonds is 5. The van der Waals surface area contributed by atoms with Crippen molar-refractivity contribution in [2.75, 3.05) is 0 Å². The van der Waals surface area contributed by atoms with Gasteiger partial charge in [0.2, 0.25) is 5.89 Å². The number of carbonyl (C=O) groups is 1. The van der Waals surface area contributed by atoms with Crippen LogP contribution in [0.25, 0.3) is 0 Å². The SMILES string of the molecule is CC(C)(C)c1nc(C(C)(C)NC(=O)N[C@H](c2ccccc2)C2CC2)no1. The van der Waals surface area contributed by atoms with Crippen molar-refractivity contribution in [3.05, 3.63) is 47.6 Å². The predicted octanol–water partition coefficient (Wildman–Crippen LogP) is 4.05. The molecule has 26 heavy (non-hydrogen) atoms. The molecule has 6 heteroatoms. The molecule has 0 aliphatic heterocycles. The topological polar surface area (TPSA) is 80.0 Å². The average molecular weight is 356 g/mol. The molecule has 1 atom stereocenters. The van der Waals surface area contributed by atoms with Gasteiger partial charge in [-0.15, -0.1) is 0 Å². The van der Waals surface area contributed by atoms with Crippen LogP contribution in [0.5, 0.6) is 0 Å². The quantitative estimate of drug-likeness (QED) is 0.847. The number of amides is 2. The summed E-state index contributed by atoms with van der Waals surface area (Å²) >= 11 is 0. The summed E-state index contributed by atoms with van der Waals surface area (Å²) in [6, 6.07) is 9.91. The van der Waals surface area contributed by atoms with E-state index < -0.39 is 5.54 Å². The first-order chi connectivity index (χ1) is 12.2. The van der Waals surface area contributed by atoms with Gasteiger partial charge >= 0.3 is 6.03 Å². The fraction of sp³-hybridized carbons (Fsp3) is 0.550. The fourth-order valence-corrected chi connectivity index (χ4v) is 2.86. The molecule has 0 saturated heterocycles. The van der Waals surface area contributed by atoms with Gasteiger partial charge in [-0.05, 0) is 38.2 Å². The summed E-state index contributed by atoms with van der Waals surface area (Å²) in [5.41, 5.74) is 0.174. The largest absolute Gasteiger partial charge is 0.339 e. The molecule has 2 amide bonds. The van der Waals surface area contributed by atoms with E-state index in [1.54, 1.807) is 0 Å². The van der Waals surface area contributed by atoms with E-state index >= 15 is 0 Å². The Bertz CT molecular complexity index is 758. The third-order valence-electron chi connectivity index (χ3n) is 4.59. The van der Waals surface area contributed by atoms with Crippen LogP contribution in [0.2, 0.25) is 0 Å². The summed E-state index contributed by atoms with van der Waals surface area (Å²) in [5, 5.41) is 10.2. The fourth-order valence-electron chi connectivity index (χ4n) is 2.86. The first-order valence-corrected chi connectivity index (χ1v) is 9.15. The van der Waals surface area contributed by atoms with Crippen molar-refractivity contribution in [1.29, 1.82) is 0 Å². The van der Waals surface area contributed by atoms with Gasteiger partial charge in [0.15, 0.2) is 5.82 Å². The lowest BCUT2D eigenvalue weighted by Crippen LogP contribution is -2.48. The highest BCUT2D eigenvalue weighted by atomic mass is 16.5. The monoisotopic (exact) mass is 356 g/mol. The molecule has 1 heterocycles. The summed E-state index contributed by atoms with van der Waals surface area (Å²) < 4.78 is 5.36. The zero-order chi connectivity index (χ0) is 18.9. The number of urea groups is 1. The molecular formula is C20H28N4O2. The van der Waals surface area contributed by atoms with Gasteiger partial charge in [0.25, 0.3) is 0 Å². The second-order valence-corrected chi connectivity index (χ2v) is 8.62. The Morgan fingerprint density at radius 2 is 1.81 bits per heavy atom. The first kappa shape index (κ1) is 18.4. The Morgan fingerprint density at radius 3 is 2.35 bits per heavy atom. The zero-order valence-corrected chi connectivity index (χ0v) is 16.2. The maximum atomic E-state index is 12.6. The molecule has 0 bridgehead atoms. The van der Waals surface area contributed by atoms with Crippen molar-refractivity contribution in [2.24, 2.45) is 5.92 Å². The van der Waals surface area contributed by atoms with Crippen LogP contribution in [0.15, 0.2) is 34.9 Å². The van der Waals surface area contributed by atoms with Crippen molar-refractivity contribution in [2.45, 2.75) is 64.5 Å². The predicted molar refractivity (Wildman–Crippen MR) is 99.6 cm³/mol. The summed E-state index contributed by atoms with van der Waals surface area (Å²) in [4.78, 5) is 17.1. The summed E-state index contributed by atoms with van der Waals surface area (Å²) in [6.45, 7) is 9.78. The molecule has 1 fully saturated rings. The number of hydrogen-bond acceptors (Lipinski definition) is 4. The Morgan fingerprint density at radius 1 is 1.15 bits per heavy atom. The molecule has 2 aromatic rings. The molecule has 3 rings (SSSR count). The van der Waals surface area contributed by atoms with Crippen LogP contribution in [0.3, 0.4) is 0 Å². The van der Waals surface area contributed by atoms with Crippen molar-refractivity contribution in [1.82, 2.24) is 20.8 Å². The van der Waals surface area contributed by atoms with E-state index in [0.29, 0.717) is 17.6 Å².